The Kier molecular flexibility index (Phi) is 3.07. The van der Waals surface area contributed by atoms with Gasteiger partial charge in [0.25, 0.3) is 0 Å². The monoisotopic (exact) mass is 267 g/mol. The number of likely N-dealkylation sites (N-methyl/N-ethyl adjacent to an activating group) is 1. The molecule has 3 heteroatoms. The van der Waals surface area contributed by atoms with Crippen LogP contribution in [-0.4, -0.2) is 29.2 Å². The fourth-order valence-corrected chi connectivity index (χ4v) is 3.06. The Bertz CT molecular complexity index is 570. The number of amides is 1. The van der Waals surface area contributed by atoms with Crippen molar-refractivity contribution >= 4 is 5.91 Å². The van der Waals surface area contributed by atoms with Gasteiger partial charge < -0.3 is 10.0 Å². The number of carbonyl (C=O) groups excluding carboxylic acids is 1. The minimum atomic E-state index is -0.847. The van der Waals surface area contributed by atoms with Gasteiger partial charge in [-0.1, -0.05) is 60.7 Å². The zero-order valence-corrected chi connectivity index (χ0v) is 11.4. The fourth-order valence-electron chi connectivity index (χ4n) is 3.06. The van der Waals surface area contributed by atoms with Crippen molar-refractivity contribution in [1.82, 2.24) is 4.90 Å². The van der Waals surface area contributed by atoms with Gasteiger partial charge in [0.2, 0.25) is 5.91 Å². The van der Waals surface area contributed by atoms with Crippen molar-refractivity contribution in [2.24, 2.45) is 0 Å². The van der Waals surface area contributed by atoms with Gasteiger partial charge in [0.15, 0.2) is 0 Å². The van der Waals surface area contributed by atoms with E-state index in [-0.39, 0.29) is 5.91 Å². The normalized spacial score (nSPS) is 21.2. The van der Waals surface area contributed by atoms with Gasteiger partial charge in [-0.2, -0.15) is 0 Å². The van der Waals surface area contributed by atoms with Crippen LogP contribution in [0.2, 0.25) is 0 Å². The van der Waals surface area contributed by atoms with Gasteiger partial charge in [-0.25, -0.2) is 0 Å². The number of hydrogen-bond acceptors (Lipinski definition) is 2. The van der Waals surface area contributed by atoms with Gasteiger partial charge in [-0.3, -0.25) is 4.79 Å². The highest BCUT2D eigenvalue weighted by Crippen LogP contribution is 2.44. The van der Waals surface area contributed by atoms with E-state index in [1.54, 1.807) is 7.05 Å². The first-order valence-electron chi connectivity index (χ1n) is 6.71. The van der Waals surface area contributed by atoms with E-state index in [9.17, 15) is 9.90 Å². The van der Waals surface area contributed by atoms with Crippen LogP contribution in [0.3, 0.4) is 0 Å². The smallest absolute Gasteiger partial charge is 0.225 e. The Morgan fingerprint density at radius 3 is 1.80 bits per heavy atom. The predicted octanol–water partition coefficient (Wildman–Crippen LogP) is 2.15. The average molecular weight is 267 g/mol. The van der Waals surface area contributed by atoms with Crippen molar-refractivity contribution in [3.05, 3.63) is 71.8 Å². The second kappa shape index (κ2) is 4.76. The quantitative estimate of drug-likeness (QED) is 0.905. The number of likely N-dealkylation sites (tertiary alicyclic amines) is 1. The molecule has 0 bridgehead atoms. The van der Waals surface area contributed by atoms with Crippen molar-refractivity contribution in [2.45, 2.75) is 18.1 Å². The van der Waals surface area contributed by atoms with Crippen molar-refractivity contribution in [1.29, 1.82) is 0 Å². The number of aliphatic hydroxyl groups excluding tert-OH is 1. The molecule has 1 fully saturated rings. The second-order valence-corrected chi connectivity index (χ2v) is 5.26. The summed E-state index contributed by atoms with van der Waals surface area (Å²) in [5.74, 6) is -0.0368. The summed E-state index contributed by atoms with van der Waals surface area (Å²) < 4.78 is 0. The minimum Gasteiger partial charge on any atom is -0.372 e. The largest absolute Gasteiger partial charge is 0.372 e. The van der Waals surface area contributed by atoms with Gasteiger partial charge in [-0.05, 0) is 11.1 Å². The van der Waals surface area contributed by atoms with Crippen LogP contribution in [0.15, 0.2) is 60.7 Å². The number of hydrogen-bond donors (Lipinski definition) is 1. The lowest BCUT2D eigenvalue weighted by Crippen LogP contribution is -2.42. The lowest BCUT2D eigenvalue weighted by Gasteiger charge is -2.34. The van der Waals surface area contributed by atoms with Crippen molar-refractivity contribution in [3.8, 4) is 0 Å². The maximum Gasteiger partial charge on any atom is 0.225 e. The molecule has 0 aromatic heterocycles. The van der Waals surface area contributed by atoms with E-state index < -0.39 is 11.6 Å². The summed E-state index contributed by atoms with van der Waals surface area (Å²) in [4.78, 5) is 13.5. The molecule has 1 aliphatic heterocycles. The van der Waals surface area contributed by atoms with E-state index in [1.165, 1.54) is 4.90 Å². The van der Waals surface area contributed by atoms with Crippen LogP contribution in [0.25, 0.3) is 0 Å². The molecule has 0 radical (unpaired) electrons. The Labute approximate surface area is 118 Å². The highest BCUT2D eigenvalue weighted by Gasteiger charge is 2.51. The highest BCUT2D eigenvalue weighted by molar-refractivity contribution is 5.82. The molecular formula is C17H17NO2. The standard InChI is InChI=1S/C17H17NO2/c1-18-15(19)12-17(16(18)20,13-8-4-2-5-9-13)14-10-6-3-7-11-14/h2-11,16,20H,12H2,1H3. The van der Waals surface area contributed by atoms with Crippen LogP contribution in [0.5, 0.6) is 0 Å². The summed E-state index contributed by atoms with van der Waals surface area (Å²) in [6.07, 6.45) is -0.557. The van der Waals surface area contributed by atoms with Crippen molar-refractivity contribution in [2.75, 3.05) is 7.05 Å². The third kappa shape index (κ3) is 1.74. The topological polar surface area (TPSA) is 40.5 Å². The molecule has 1 saturated heterocycles. The number of benzene rings is 2. The number of nitrogens with zero attached hydrogens (tertiary/aromatic N) is 1. The van der Waals surface area contributed by atoms with E-state index >= 15 is 0 Å². The Hall–Kier alpha value is -2.13. The molecule has 1 amide bonds. The molecule has 1 heterocycles. The summed E-state index contributed by atoms with van der Waals surface area (Å²) in [6.45, 7) is 0. The molecule has 1 unspecified atom stereocenters. The summed E-state index contributed by atoms with van der Waals surface area (Å²) in [5, 5.41) is 10.7. The maximum atomic E-state index is 12.1. The van der Waals surface area contributed by atoms with Gasteiger partial charge in [0.1, 0.15) is 6.23 Å². The van der Waals surface area contributed by atoms with Crippen LogP contribution in [0.1, 0.15) is 17.5 Å². The summed E-state index contributed by atoms with van der Waals surface area (Å²) in [7, 11) is 1.65. The highest BCUT2D eigenvalue weighted by atomic mass is 16.3. The lowest BCUT2D eigenvalue weighted by atomic mass is 9.72. The Balaban J connectivity index is 2.22. The Morgan fingerprint density at radius 2 is 1.45 bits per heavy atom. The number of aliphatic hydroxyl groups is 1. The zero-order valence-electron chi connectivity index (χ0n) is 11.4. The van der Waals surface area contributed by atoms with Crippen LogP contribution < -0.4 is 0 Å². The minimum absolute atomic E-state index is 0.0368. The molecule has 1 atom stereocenters. The SMILES string of the molecule is CN1C(=O)CC(c2ccccc2)(c2ccccc2)C1O. The van der Waals surface area contributed by atoms with E-state index in [0.29, 0.717) is 6.42 Å². The lowest BCUT2D eigenvalue weighted by molar-refractivity contribution is -0.131. The first kappa shape index (κ1) is 12.9. The molecule has 20 heavy (non-hydrogen) atoms. The molecule has 3 nitrogen and oxygen atoms in total. The van der Waals surface area contributed by atoms with Crippen molar-refractivity contribution in [3.63, 3.8) is 0 Å². The maximum absolute atomic E-state index is 12.1. The van der Waals surface area contributed by atoms with Gasteiger partial charge in [-0.15, -0.1) is 0 Å². The summed E-state index contributed by atoms with van der Waals surface area (Å²) in [6, 6.07) is 19.5. The average Bonchev–Trinajstić information content (AvgIpc) is 2.74. The number of carbonyl (C=O) groups is 1. The molecule has 2 aromatic rings. The van der Waals surface area contributed by atoms with E-state index in [2.05, 4.69) is 0 Å². The molecule has 0 saturated carbocycles. The first-order valence-corrected chi connectivity index (χ1v) is 6.71. The molecule has 102 valence electrons. The van der Waals surface area contributed by atoms with Crippen LogP contribution in [0.4, 0.5) is 0 Å². The van der Waals surface area contributed by atoms with Crippen molar-refractivity contribution < 1.29 is 9.90 Å². The molecular weight excluding hydrogens is 250 g/mol. The van der Waals surface area contributed by atoms with Crippen LogP contribution in [-0.2, 0) is 10.2 Å². The molecule has 0 aliphatic carbocycles. The zero-order chi connectivity index (χ0) is 14.2. The van der Waals surface area contributed by atoms with Crippen LogP contribution >= 0.6 is 0 Å². The third-order valence-electron chi connectivity index (χ3n) is 4.21. The van der Waals surface area contributed by atoms with Gasteiger partial charge in [0, 0.05) is 13.5 Å². The summed E-state index contributed by atoms with van der Waals surface area (Å²) >= 11 is 0. The van der Waals surface area contributed by atoms with Gasteiger partial charge >= 0.3 is 0 Å². The molecule has 1 aliphatic rings. The Morgan fingerprint density at radius 1 is 1.00 bits per heavy atom. The molecule has 1 N–H and O–H groups in total. The molecule has 0 spiro atoms. The van der Waals surface area contributed by atoms with E-state index in [0.717, 1.165) is 11.1 Å². The van der Waals surface area contributed by atoms with E-state index in [1.807, 2.05) is 60.7 Å². The van der Waals surface area contributed by atoms with E-state index in [4.69, 9.17) is 0 Å². The third-order valence-corrected chi connectivity index (χ3v) is 4.21. The fraction of sp³-hybridized carbons (Fsp3) is 0.235. The van der Waals surface area contributed by atoms with Gasteiger partial charge in [0.05, 0.1) is 5.41 Å². The second-order valence-electron chi connectivity index (χ2n) is 5.26. The predicted molar refractivity (Wildman–Crippen MR) is 77.1 cm³/mol. The molecule has 2 aromatic carbocycles. The first-order chi connectivity index (χ1) is 9.66. The van der Waals surface area contributed by atoms with Crippen LogP contribution in [0, 0.1) is 0 Å². The molecule has 3 rings (SSSR count). The number of rotatable bonds is 2. The summed E-state index contributed by atoms with van der Waals surface area (Å²) in [5.41, 5.74) is 1.25.